The minimum atomic E-state index is -0.574. The molecule has 1 rings (SSSR count). The maximum atomic E-state index is 12.2. The Bertz CT molecular complexity index is 603. The molecule has 1 amide bonds. The van der Waals surface area contributed by atoms with Crippen LogP contribution in [0.2, 0.25) is 0 Å². The zero-order valence-electron chi connectivity index (χ0n) is 16.4. The molecule has 0 radical (unpaired) electrons. The highest BCUT2D eigenvalue weighted by Gasteiger charge is 2.27. The van der Waals surface area contributed by atoms with Crippen molar-refractivity contribution in [2.75, 3.05) is 7.11 Å². The number of aromatic nitrogens is 1. The Hall–Kier alpha value is -1.63. The number of esters is 1. The van der Waals surface area contributed by atoms with Gasteiger partial charge in [-0.15, -0.1) is 11.3 Å². The number of hydrogen-bond acceptors (Lipinski definition) is 6. The van der Waals surface area contributed by atoms with E-state index >= 15 is 0 Å². The smallest absolute Gasteiger partial charge is 0.408 e. The molecule has 1 heterocycles. The van der Waals surface area contributed by atoms with Crippen LogP contribution < -0.4 is 5.32 Å². The van der Waals surface area contributed by atoms with E-state index in [0.29, 0.717) is 23.0 Å². The summed E-state index contributed by atoms with van der Waals surface area (Å²) in [6.07, 6.45) is 0.212. The lowest BCUT2D eigenvalue weighted by atomic mass is 10.0. The fourth-order valence-electron chi connectivity index (χ4n) is 2.28. The van der Waals surface area contributed by atoms with Crippen LogP contribution in [0, 0.1) is 5.92 Å². The maximum absolute atomic E-state index is 12.2. The van der Waals surface area contributed by atoms with Crippen molar-refractivity contribution in [3.63, 3.8) is 0 Å². The Morgan fingerprint density at radius 3 is 2.24 bits per heavy atom. The molecule has 1 aromatic rings. The largest absolute Gasteiger partial charge is 0.464 e. The van der Waals surface area contributed by atoms with Crippen molar-refractivity contribution in [1.29, 1.82) is 0 Å². The van der Waals surface area contributed by atoms with E-state index in [9.17, 15) is 9.59 Å². The summed E-state index contributed by atoms with van der Waals surface area (Å²) in [6.45, 7) is 13.6. The third kappa shape index (κ3) is 6.65. The molecule has 1 atom stereocenters. The van der Waals surface area contributed by atoms with Crippen LogP contribution in [0.25, 0.3) is 0 Å². The molecule has 0 bridgehead atoms. The van der Waals surface area contributed by atoms with E-state index in [2.05, 4.69) is 24.1 Å². The van der Waals surface area contributed by atoms with E-state index in [-0.39, 0.29) is 12.0 Å². The molecule has 7 heteroatoms. The SMILES string of the molecule is COC(=O)c1nc([C@H](CC(C)C)NC(=O)OC(C)(C)C)sc1C(C)C. The van der Waals surface area contributed by atoms with Gasteiger partial charge in [-0.3, -0.25) is 0 Å². The number of rotatable bonds is 6. The first-order valence-electron chi connectivity index (χ1n) is 8.53. The van der Waals surface area contributed by atoms with Gasteiger partial charge in [-0.1, -0.05) is 27.7 Å². The number of alkyl carbamates (subject to hydrolysis) is 1. The molecule has 0 unspecified atom stereocenters. The van der Waals surface area contributed by atoms with E-state index in [1.807, 2.05) is 34.6 Å². The summed E-state index contributed by atoms with van der Waals surface area (Å²) >= 11 is 1.44. The van der Waals surface area contributed by atoms with Gasteiger partial charge in [0.05, 0.1) is 13.2 Å². The van der Waals surface area contributed by atoms with E-state index in [1.165, 1.54) is 18.4 Å². The third-order valence-electron chi connectivity index (χ3n) is 3.27. The monoisotopic (exact) mass is 370 g/mol. The Balaban J connectivity index is 3.14. The molecule has 0 aliphatic carbocycles. The van der Waals surface area contributed by atoms with Crippen molar-refractivity contribution < 1.29 is 19.1 Å². The Labute approximate surface area is 154 Å². The number of carbonyl (C=O) groups is 2. The number of ether oxygens (including phenoxy) is 2. The minimum Gasteiger partial charge on any atom is -0.464 e. The van der Waals surface area contributed by atoms with Crippen molar-refractivity contribution in [3.05, 3.63) is 15.6 Å². The summed E-state index contributed by atoms with van der Waals surface area (Å²) in [7, 11) is 1.34. The van der Waals surface area contributed by atoms with Gasteiger partial charge < -0.3 is 14.8 Å². The van der Waals surface area contributed by atoms with Gasteiger partial charge in [0.2, 0.25) is 0 Å². The van der Waals surface area contributed by atoms with Crippen molar-refractivity contribution in [1.82, 2.24) is 10.3 Å². The lowest BCUT2D eigenvalue weighted by molar-refractivity contribution is 0.0497. The van der Waals surface area contributed by atoms with Gasteiger partial charge >= 0.3 is 12.1 Å². The summed E-state index contributed by atoms with van der Waals surface area (Å²) in [6, 6.07) is -0.309. The first kappa shape index (κ1) is 21.4. The average Bonchev–Trinajstić information content (AvgIpc) is 2.88. The number of carbonyl (C=O) groups excluding carboxylic acids is 2. The fourth-order valence-corrected chi connectivity index (χ4v) is 3.40. The Morgan fingerprint density at radius 1 is 1.20 bits per heavy atom. The van der Waals surface area contributed by atoms with Crippen LogP contribution in [0.4, 0.5) is 4.79 Å². The number of nitrogens with one attached hydrogen (secondary N) is 1. The third-order valence-corrected chi connectivity index (χ3v) is 4.74. The number of methoxy groups -OCH3 is 1. The second kappa shape index (κ2) is 8.65. The van der Waals surface area contributed by atoms with Gasteiger partial charge in [-0.2, -0.15) is 0 Å². The minimum absolute atomic E-state index is 0.140. The average molecular weight is 371 g/mol. The zero-order chi connectivity index (χ0) is 19.4. The topological polar surface area (TPSA) is 77.5 Å². The number of nitrogens with zero attached hydrogens (tertiary/aromatic N) is 1. The van der Waals surface area contributed by atoms with Crippen LogP contribution >= 0.6 is 11.3 Å². The number of amides is 1. The van der Waals surface area contributed by atoms with Crippen LogP contribution in [0.1, 0.15) is 87.2 Å². The van der Waals surface area contributed by atoms with Gasteiger partial charge in [0, 0.05) is 4.88 Å². The molecule has 0 saturated heterocycles. The maximum Gasteiger partial charge on any atom is 0.408 e. The zero-order valence-corrected chi connectivity index (χ0v) is 17.2. The molecule has 142 valence electrons. The summed E-state index contributed by atoms with van der Waals surface area (Å²) < 4.78 is 10.2. The molecule has 1 aromatic heterocycles. The van der Waals surface area contributed by atoms with Crippen molar-refractivity contribution in [3.8, 4) is 0 Å². The molecule has 0 aliphatic heterocycles. The van der Waals surface area contributed by atoms with Gasteiger partial charge in [0.25, 0.3) is 0 Å². The first-order valence-corrected chi connectivity index (χ1v) is 9.34. The fraction of sp³-hybridized carbons (Fsp3) is 0.722. The van der Waals surface area contributed by atoms with Gasteiger partial charge in [0.15, 0.2) is 5.69 Å². The quantitative estimate of drug-likeness (QED) is 0.737. The first-order chi connectivity index (χ1) is 11.4. The highest BCUT2D eigenvalue weighted by molar-refractivity contribution is 7.12. The molecular weight excluding hydrogens is 340 g/mol. The predicted molar refractivity (Wildman–Crippen MR) is 99.1 cm³/mol. The molecule has 0 spiro atoms. The van der Waals surface area contributed by atoms with Crippen LogP contribution in [0.5, 0.6) is 0 Å². The summed E-state index contributed by atoms with van der Waals surface area (Å²) in [5, 5.41) is 3.59. The highest BCUT2D eigenvalue weighted by atomic mass is 32.1. The van der Waals surface area contributed by atoms with Crippen LogP contribution in [-0.4, -0.2) is 29.8 Å². The van der Waals surface area contributed by atoms with Gasteiger partial charge in [-0.25, -0.2) is 14.6 Å². The normalized spacial score (nSPS) is 13.0. The molecule has 0 saturated carbocycles. The van der Waals surface area contributed by atoms with Crippen molar-refractivity contribution in [2.24, 2.45) is 5.92 Å². The summed E-state index contributed by atoms with van der Waals surface area (Å²) in [5.74, 6) is 0.0289. The lowest BCUT2D eigenvalue weighted by Gasteiger charge is -2.23. The van der Waals surface area contributed by atoms with Crippen molar-refractivity contribution >= 4 is 23.4 Å². The standard InChI is InChI=1S/C18H30N2O4S/c1-10(2)9-12(19-17(22)24-18(5,6)7)15-20-13(16(21)23-8)14(25-15)11(3)4/h10-12H,9H2,1-8H3,(H,19,22)/t12-/m0/s1. The second-order valence-corrected chi connectivity index (χ2v) is 8.80. The Morgan fingerprint density at radius 2 is 1.80 bits per heavy atom. The number of thiazole rings is 1. The van der Waals surface area contributed by atoms with Crippen LogP contribution in [0.3, 0.4) is 0 Å². The summed E-state index contributed by atoms with van der Waals surface area (Å²) in [4.78, 5) is 29.5. The summed E-state index contributed by atoms with van der Waals surface area (Å²) in [5.41, 5.74) is -0.243. The lowest BCUT2D eigenvalue weighted by Crippen LogP contribution is -2.35. The van der Waals surface area contributed by atoms with E-state index in [0.717, 1.165) is 4.88 Å². The molecular formula is C18H30N2O4S. The number of hydrogen-bond donors (Lipinski definition) is 1. The molecule has 0 aliphatic rings. The molecule has 0 aromatic carbocycles. The Kier molecular flexibility index (Phi) is 7.41. The van der Waals surface area contributed by atoms with Crippen LogP contribution in [-0.2, 0) is 9.47 Å². The molecule has 6 nitrogen and oxygen atoms in total. The van der Waals surface area contributed by atoms with E-state index in [1.54, 1.807) is 0 Å². The van der Waals surface area contributed by atoms with Crippen molar-refractivity contribution in [2.45, 2.75) is 72.4 Å². The van der Waals surface area contributed by atoms with E-state index in [4.69, 9.17) is 9.47 Å². The van der Waals surface area contributed by atoms with Gasteiger partial charge in [-0.05, 0) is 39.0 Å². The predicted octanol–water partition coefficient (Wildman–Crippen LogP) is 4.67. The van der Waals surface area contributed by atoms with Gasteiger partial charge in [0.1, 0.15) is 10.6 Å². The van der Waals surface area contributed by atoms with E-state index < -0.39 is 17.7 Å². The molecule has 25 heavy (non-hydrogen) atoms. The molecule has 0 fully saturated rings. The highest BCUT2D eigenvalue weighted by Crippen LogP contribution is 2.33. The second-order valence-electron chi connectivity index (χ2n) is 7.74. The van der Waals surface area contributed by atoms with Crippen LogP contribution in [0.15, 0.2) is 0 Å². The molecule has 1 N–H and O–H groups in total.